The fourth-order valence-corrected chi connectivity index (χ4v) is 3.63. The van der Waals surface area contributed by atoms with E-state index in [1.807, 2.05) is 42.5 Å². The van der Waals surface area contributed by atoms with Crippen molar-refractivity contribution in [1.82, 2.24) is 0 Å². The van der Waals surface area contributed by atoms with Crippen molar-refractivity contribution in [2.75, 3.05) is 23.0 Å². The monoisotopic (exact) mass is 467 g/mol. The third-order valence-electron chi connectivity index (χ3n) is 5.47. The smallest absolute Gasteiger partial charge is 0.299 e. The van der Waals surface area contributed by atoms with Crippen LogP contribution >= 0.6 is 0 Å². The summed E-state index contributed by atoms with van der Waals surface area (Å²) in [5, 5.41) is 14.0. The number of carbonyl (C=O) groups excluding carboxylic acids is 2. The number of hydrogen-bond acceptors (Lipinski definition) is 7. The number of rotatable bonds is 8. The first kappa shape index (κ1) is 23.6. The second-order valence-electron chi connectivity index (χ2n) is 7.61. The quantitative estimate of drug-likeness (QED) is 0.236. The van der Waals surface area contributed by atoms with E-state index in [1.54, 1.807) is 42.5 Å². The second-order valence-corrected chi connectivity index (χ2v) is 7.61. The Bertz CT molecular complexity index is 1260. The van der Waals surface area contributed by atoms with E-state index in [4.69, 9.17) is 4.74 Å². The highest BCUT2D eigenvalue weighted by atomic mass is 16.5. The maximum Gasteiger partial charge on any atom is 0.299 e. The molecular weight excluding hydrogens is 442 g/mol. The lowest BCUT2D eigenvalue weighted by atomic mass is 10.1. The van der Waals surface area contributed by atoms with Crippen LogP contribution < -0.4 is 9.91 Å². The van der Waals surface area contributed by atoms with Crippen molar-refractivity contribution in [3.05, 3.63) is 90.0 Å². The molecule has 0 unspecified atom stereocenters. The van der Waals surface area contributed by atoms with Gasteiger partial charge in [0.1, 0.15) is 5.57 Å². The maximum atomic E-state index is 12.9. The zero-order valence-corrected chi connectivity index (χ0v) is 19.5. The Balaban J connectivity index is 1.49. The molecule has 1 aliphatic heterocycles. The van der Waals surface area contributed by atoms with Crippen LogP contribution in [0.3, 0.4) is 0 Å². The van der Waals surface area contributed by atoms with E-state index in [0.29, 0.717) is 11.4 Å². The summed E-state index contributed by atoms with van der Waals surface area (Å²) < 4.78 is 4.96. The van der Waals surface area contributed by atoms with Gasteiger partial charge in [-0.1, -0.05) is 30.3 Å². The van der Waals surface area contributed by atoms with E-state index >= 15 is 0 Å². The van der Waals surface area contributed by atoms with Crippen molar-refractivity contribution in [1.29, 1.82) is 0 Å². The van der Waals surface area contributed by atoms with E-state index in [-0.39, 0.29) is 23.9 Å². The van der Waals surface area contributed by atoms with Crippen LogP contribution in [0.15, 0.2) is 99.8 Å². The lowest BCUT2D eigenvalue weighted by molar-refractivity contribution is -0.121. The summed E-state index contributed by atoms with van der Waals surface area (Å²) >= 11 is 0. The van der Waals surface area contributed by atoms with E-state index < -0.39 is 0 Å². The molecule has 1 aliphatic rings. The highest BCUT2D eigenvalue weighted by Gasteiger charge is 2.32. The minimum Gasteiger partial charge on any atom is -0.407 e. The molecule has 176 valence electrons. The van der Waals surface area contributed by atoms with Gasteiger partial charge >= 0.3 is 0 Å². The van der Waals surface area contributed by atoms with Crippen molar-refractivity contribution in [3.8, 4) is 0 Å². The summed E-state index contributed by atoms with van der Waals surface area (Å²) in [6.07, 6.45) is 1.63. The molecular formula is C27H25N5O3. The van der Waals surface area contributed by atoms with Crippen LogP contribution in [0.2, 0.25) is 0 Å². The number of benzene rings is 3. The number of para-hydroxylation sites is 1. The first-order chi connectivity index (χ1) is 17.1. The van der Waals surface area contributed by atoms with Gasteiger partial charge in [-0.05, 0) is 74.0 Å². The summed E-state index contributed by atoms with van der Waals surface area (Å²) in [5.41, 5.74) is 4.07. The Morgan fingerprint density at radius 1 is 0.886 bits per heavy atom. The Labute approximate surface area is 203 Å². The summed E-state index contributed by atoms with van der Waals surface area (Å²) in [4.78, 5) is 26.1. The lowest BCUT2D eigenvalue weighted by Gasteiger charge is -2.20. The third kappa shape index (κ3) is 5.50. The van der Waals surface area contributed by atoms with E-state index in [0.717, 1.165) is 30.0 Å². The van der Waals surface area contributed by atoms with Gasteiger partial charge < -0.3 is 9.64 Å². The average Bonchev–Trinajstić information content (AvgIpc) is 3.20. The molecule has 0 N–H and O–H groups in total. The fraction of sp³-hybridized carbons (Fsp3) is 0.148. The minimum atomic E-state index is -0.384. The number of nitrogens with zero attached hydrogens (tertiary/aromatic N) is 5. The number of hydrogen-bond donors (Lipinski definition) is 0. The Hall–Kier alpha value is -4.59. The predicted octanol–water partition coefficient (Wildman–Crippen LogP) is 5.86. The molecule has 3 aromatic carbocycles. The standard InChI is InChI=1S/C27H25N5O3/c1-3-31(4-2)23-16-14-22(15-17-23)29-28-21-12-10-20(11-13-21)18-25-26(35-19-33)30-32(27(25)34)24-8-6-5-7-9-24/h5-19H,3-4H2,1-2H3/b25-18-,29-28?. The molecule has 35 heavy (non-hydrogen) atoms. The van der Waals surface area contributed by atoms with E-state index in [1.165, 1.54) is 5.01 Å². The summed E-state index contributed by atoms with van der Waals surface area (Å²) in [6.45, 7) is 6.41. The van der Waals surface area contributed by atoms with Gasteiger partial charge in [0.25, 0.3) is 18.3 Å². The average molecular weight is 468 g/mol. The maximum absolute atomic E-state index is 12.9. The van der Waals surface area contributed by atoms with Gasteiger partial charge in [0.05, 0.1) is 17.1 Å². The van der Waals surface area contributed by atoms with Gasteiger partial charge in [0.15, 0.2) is 0 Å². The number of carbonyl (C=O) groups is 2. The Morgan fingerprint density at radius 3 is 2.06 bits per heavy atom. The van der Waals surface area contributed by atoms with E-state index in [2.05, 4.69) is 34.1 Å². The molecule has 0 bridgehead atoms. The van der Waals surface area contributed by atoms with Crippen LogP contribution in [0, 0.1) is 0 Å². The van der Waals surface area contributed by atoms with Crippen LogP contribution in [0.1, 0.15) is 19.4 Å². The van der Waals surface area contributed by atoms with Crippen LogP contribution in [0.5, 0.6) is 0 Å². The molecule has 1 heterocycles. The number of amides is 1. The fourth-order valence-electron chi connectivity index (χ4n) is 3.63. The Morgan fingerprint density at radius 2 is 1.49 bits per heavy atom. The van der Waals surface area contributed by atoms with Crippen LogP contribution in [0.25, 0.3) is 6.08 Å². The molecule has 0 saturated carbocycles. The van der Waals surface area contributed by atoms with Gasteiger partial charge in [-0.3, -0.25) is 9.59 Å². The zero-order chi connectivity index (χ0) is 24.6. The molecule has 0 radical (unpaired) electrons. The number of azo groups is 1. The molecule has 0 atom stereocenters. The van der Waals surface area contributed by atoms with Crippen LogP contribution in [-0.4, -0.2) is 31.4 Å². The summed E-state index contributed by atoms with van der Waals surface area (Å²) in [5.74, 6) is -0.434. The molecule has 0 fully saturated rings. The topological polar surface area (TPSA) is 86.9 Å². The second kappa shape index (κ2) is 11.0. The molecule has 0 aromatic heterocycles. The van der Waals surface area contributed by atoms with Crippen molar-refractivity contribution in [3.63, 3.8) is 0 Å². The number of anilines is 2. The molecule has 4 rings (SSSR count). The molecule has 0 aliphatic carbocycles. The summed E-state index contributed by atoms with van der Waals surface area (Å²) in [6, 6.07) is 24.1. The molecule has 8 nitrogen and oxygen atoms in total. The van der Waals surface area contributed by atoms with Gasteiger partial charge in [0.2, 0.25) is 0 Å². The normalized spacial score (nSPS) is 14.5. The Kier molecular flexibility index (Phi) is 7.42. The molecule has 0 saturated heterocycles. The molecule has 0 spiro atoms. The van der Waals surface area contributed by atoms with Gasteiger partial charge in [0, 0.05) is 18.8 Å². The van der Waals surface area contributed by atoms with Crippen LogP contribution in [0.4, 0.5) is 22.7 Å². The highest BCUT2D eigenvalue weighted by molar-refractivity contribution is 6.31. The largest absolute Gasteiger partial charge is 0.407 e. The third-order valence-corrected chi connectivity index (χ3v) is 5.47. The number of ether oxygens (including phenoxy) is 1. The van der Waals surface area contributed by atoms with E-state index in [9.17, 15) is 9.59 Å². The van der Waals surface area contributed by atoms with Crippen molar-refractivity contribution in [2.24, 2.45) is 15.3 Å². The van der Waals surface area contributed by atoms with Crippen molar-refractivity contribution < 1.29 is 14.3 Å². The van der Waals surface area contributed by atoms with Crippen LogP contribution in [-0.2, 0) is 14.3 Å². The first-order valence-electron chi connectivity index (χ1n) is 11.3. The van der Waals surface area contributed by atoms with Crippen molar-refractivity contribution in [2.45, 2.75) is 13.8 Å². The molecule has 8 heteroatoms. The SMILES string of the molecule is CCN(CC)c1ccc(N=Nc2ccc(/C=C3\C(=O)N(c4ccccc4)N=C3OC=O)cc2)cc1. The zero-order valence-electron chi connectivity index (χ0n) is 19.5. The highest BCUT2D eigenvalue weighted by Crippen LogP contribution is 2.26. The molecule has 3 aromatic rings. The molecule has 1 amide bonds. The van der Waals surface area contributed by atoms with Gasteiger partial charge in [-0.25, -0.2) is 0 Å². The summed E-state index contributed by atoms with van der Waals surface area (Å²) in [7, 11) is 0. The first-order valence-corrected chi connectivity index (χ1v) is 11.3. The van der Waals surface area contributed by atoms with Gasteiger partial charge in [-0.2, -0.15) is 15.2 Å². The minimum absolute atomic E-state index is 0.0502. The van der Waals surface area contributed by atoms with Crippen molar-refractivity contribution >= 4 is 47.1 Å². The lowest BCUT2D eigenvalue weighted by Crippen LogP contribution is -2.21. The number of hydrazone groups is 1. The van der Waals surface area contributed by atoms with Gasteiger partial charge in [-0.15, -0.1) is 5.10 Å². The predicted molar refractivity (Wildman–Crippen MR) is 137 cm³/mol.